The number of halogens is 1. The number of fused-ring (bicyclic) bond motifs is 1. The fourth-order valence-corrected chi connectivity index (χ4v) is 4.86. The minimum absolute atomic E-state index is 0.105. The van der Waals surface area contributed by atoms with Crippen molar-refractivity contribution in [3.63, 3.8) is 0 Å². The summed E-state index contributed by atoms with van der Waals surface area (Å²) < 4.78 is 45.5. The molecule has 7 nitrogen and oxygen atoms in total. The topological polar surface area (TPSA) is 96.6 Å². The van der Waals surface area contributed by atoms with Crippen molar-refractivity contribution < 1.29 is 31.8 Å². The summed E-state index contributed by atoms with van der Waals surface area (Å²) in [6.45, 7) is 0.613. The molecule has 0 N–H and O–H groups in total. The Balaban J connectivity index is 1.66. The third-order valence-electron chi connectivity index (χ3n) is 5.29. The molecule has 0 aliphatic heterocycles. The van der Waals surface area contributed by atoms with Crippen LogP contribution in [0.3, 0.4) is 0 Å². The lowest BCUT2D eigenvalue weighted by Gasteiger charge is -2.09. The minimum atomic E-state index is -4.16. The lowest BCUT2D eigenvalue weighted by molar-refractivity contribution is -0.697. The molecule has 1 atom stereocenters. The second kappa shape index (κ2) is 9.45. The van der Waals surface area contributed by atoms with Gasteiger partial charge in [-0.15, -0.1) is 0 Å². The van der Waals surface area contributed by atoms with Crippen molar-refractivity contribution in [2.45, 2.75) is 32.2 Å². The van der Waals surface area contributed by atoms with E-state index in [2.05, 4.69) is 15.9 Å². The van der Waals surface area contributed by atoms with E-state index in [1.54, 1.807) is 20.3 Å². The molecule has 1 heterocycles. The number of rotatable bonds is 9. The van der Waals surface area contributed by atoms with Gasteiger partial charge in [0, 0.05) is 29.7 Å². The van der Waals surface area contributed by atoms with Crippen LogP contribution in [-0.4, -0.2) is 38.7 Å². The first-order valence-corrected chi connectivity index (χ1v) is 12.0. The molecular weight excluding hydrogens is 474 g/mol. The van der Waals surface area contributed by atoms with Gasteiger partial charge in [0.25, 0.3) is 0 Å². The largest absolute Gasteiger partial charge is 0.748 e. The van der Waals surface area contributed by atoms with Crippen molar-refractivity contribution >= 4 is 31.8 Å². The van der Waals surface area contributed by atoms with Crippen LogP contribution in [0.4, 0.5) is 0 Å². The molecule has 0 saturated heterocycles. The molecule has 0 radical (unpaired) electrons. The molecule has 1 aromatic heterocycles. The molecule has 1 aliphatic carbocycles. The maximum Gasteiger partial charge on any atom is 0.183 e. The molecule has 0 spiro atoms. The van der Waals surface area contributed by atoms with Gasteiger partial charge in [-0.2, -0.15) is 0 Å². The van der Waals surface area contributed by atoms with Crippen molar-refractivity contribution in [2.24, 2.45) is 5.92 Å². The Hall–Kier alpha value is -1.97. The minimum Gasteiger partial charge on any atom is -0.748 e. The highest BCUT2D eigenvalue weighted by molar-refractivity contribution is 9.10. The van der Waals surface area contributed by atoms with Crippen LogP contribution in [-0.2, 0) is 29.5 Å². The van der Waals surface area contributed by atoms with Gasteiger partial charge in [-0.25, -0.2) is 13.0 Å². The number of methoxy groups -OCH3 is 2. The molecule has 0 fully saturated rings. The summed E-state index contributed by atoms with van der Waals surface area (Å²) in [5, 5.41) is 0. The van der Waals surface area contributed by atoms with Crippen LogP contribution < -0.4 is 14.0 Å². The Morgan fingerprint density at radius 2 is 1.90 bits per heavy atom. The van der Waals surface area contributed by atoms with E-state index in [-0.39, 0.29) is 17.5 Å². The van der Waals surface area contributed by atoms with E-state index < -0.39 is 10.1 Å². The van der Waals surface area contributed by atoms with Crippen LogP contribution in [0.5, 0.6) is 11.5 Å². The highest BCUT2D eigenvalue weighted by Gasteiger charge is 2.32. The summed E-state index contributed by atoms with van der Waals surface area (Å²) in [7, 11) is -1.03. The van der Waals surface area contributed by atoms with Crippen molar-refractivity contribution in [3.8, 4) is 11.5 Å². The molecule has 30 heavy (non-hydrogen) atoms. The number of ether oxygens (including phenoxy) is 2. The highest BCUT2D eigenvalue weighted by Crippen LogP contribution is 2.38. The number of pyridine rings is 1. The van der Waals surface area contributed by atoms with Crippen molar-refractivity contribution in [2.75, 3.05) is 20.0 Å². The quantitative estimate of drug-likeness (QED) is 0.300. The SMILES string of the molecule is COc1cc2c(cc1OC)C(=O)C(Cc1cc[n+](CCCCS(=O)(=O)[O-])cc1Br)C2. The summed E-state index contributed by atoms with van der Waals surface area (Å²) in [5.41, 5.74) is 2.68. The number of hydrogen-bond donors (Lipinski definition) is 0. The number of ketones is 1. The van der Waals surface area contributed by atoms with E-state index in [0.717, 1.165) is 15.6 Å². The Bertz CT molecular complexity index is 1050. The first kappa shape index (κ1) is 22.7. The van der Waals surface area contributed by atoms with E-state index in [9.17, 15) is 17.8 Å². The van der Waals surface area contributed by atoms with Crippen LogP contribution >= 0.6 is 15.9 Å². The number of carbonyl (C=O) groups is 1. The number of unbranched alkanes of at least 4 members (excludes halogenated alkanes) is 1. The zero-order valence-electron chi connectivity index (χ0n) is 16.9. The molecule has 9 heteroatoms. The summed E-state index contributed by atoms with van der Waals surface area (Å²) in [4.78, 5) is 12.9. The van der Waals surface area contributed by atoms with Crippen molar-refractivity contribution in [1.29, 1.82) is 0 Å². The second-order valence-corrected chi connectivity index (χ2v) is 9.74. The molecule has 3 rings (SSSR count). The first-order valence-electron chi connectivity index (χ1n) is 9.62. The monoisotopic (exact) mass is 497 g/mol. The zero-order valence-corrected chi connectivity index (χ0v) is 19.3. The lowest BCUT2D eigenvalue weighted by atomic mass is 9.96. The van der Waals surface area contributed by atoms with Crippen LogP contribution in [0, 0.1) is 5.92 Å². The average molecular weight is 498 g/mol. The van der Waals surface area contributed by atoms with Gasteiger partial charge < -0.3 is 14.0 Å². The van der Waals surface area contributed by atoms with Gasteiger partial charge in [-0.1, -0.05) is 0 Å². The van der Waals surface area contributed by atoms with Gasteiger partial charge in [0.05, 0.1) is 28.8 Å². The lowest BCUT2D eigenvalue weighted by Crippen LogP contribution is -2.33. The molecular formula is C21H24BrNO6S. The Labute approximate surface area is 184 Å². The zero-order chi connectivity index (χ0) is 21.9. The Morgan fingerprint density at radius 3 is 2.53 bits per heavy atom. The summed E-state index contributed by atoms with van der Waals surface area (Å²) in [6, 6.07) is 5.60. The number of hydrogen-bond acceptors (Lipinski definition) is 6. The molecule has 0 amide bonds. The fraction of sp³-hybridized carbons (Fsp3) is 0.429. The number of aromatic nitrogens is 1. The predicted octanol–water partition coefficient (Wildman–Crippen LogP) is 2.68. The molecule has 1 aromatic carbocycles. The number of carbonyl (C=O) groups excluding carboxylic acids is 1. The van der Waals surface area contributed by atoms with Crippen molar-refractivity contribution in [1.82, 2.24) is 0 Å². The van der Waals surface area contributed by atoms with Gasteiger partial charge in [-0.3, -0.25) is 4.79 Å². The van der Waals surface area contributed by atoms with E-state index in [0.29, 0.717) is 49.3 Å². The van der Waals surface area contributed by atoms with E-state index in [4.69, 9.17) is 9.47 Å². The van der Waals surface area contributed by atoms with Gasteiger partial charge in [0.1, 0.15) is 6.54 Å². The Morgan fingerprint density at radius 1 is 1.20 bits per heavy atom. The molecule has 0 saturated carbocycles. The van der Waals surface area contributed by atoms with Crippen LogP contribution in [0.15, 0.2) is 35.1 Å². The predicted molar refractivity (Wildman–Crippen MR) is 113 cm³/mol. The first-order chi connectivity index (χ1) is 14.2. The standard InChI is InChI=1S/C21H24BrNO6S/c1-28-19-11-15-10-16(21(24)17(15)12-20(19)29-2)9-14-5-7-23(13-18(14)22)6-3-4-8-30(25,26)27/h5,7,11-13,16H,3-4,6,8-10H2,1-2H3. The van der Waals surface area contributed by atoms with Crippen LogP contribution in [0.2, 0.25) is 0 Å². The summed E-state index contributed by atoms with van der Waals surface area (Å²) in [5.74, 6) is 0.792. The average Bonchev–Trinajstić information content (AvgIpc) is 3.00. The normalized spacial score (nSPS) is 15.9. The molecule has 162 valence electrons. The number of Topliss-reactive ketones (excluding diaryl/α,β-unsaturated/α-hetero) is 1. The summed E-state index contributed by atoms with van der Waals surface area (Å²) >= 11 is 3.58. The maximum absolute atomic E-state index is 12.9. The van der Waals surface area contributed by atoms with Crippen LogP contribution in [0.25, 0.3) is 0 Å². The third-order valence-corrected chi connectivity index (χ3v) is 6.79. The number of nitrogens with zero attached hydrogens (tertiary/aromatic N) is 1. The van der Waals surface area contributed by atoms with Gasteiger partial charge in [0.15, 0.2) is 29.7 Å². The smallest absolute Gasteiger partial charge is 0.183 e. The molecule has 2 aromatic rings. The van der Waals surface area contributed by atoms with Gasteiger partial charge >= 0.3 is 0 Å². The number of benzene rings is 1. The molecule has 0 bridgehead atoms. The van der Waals surface area contributed by atoms with Crippen LogP contribution in [0.1, 0.15) is 34.3 Å². The fourth-order valence-electron chi connectivity index (χ4n) is 3.74. The highest BCUT2D eigenvalue weighted by atomic mass is 79.9. The van der Waals surface area contributed by atoms with Gasteiger partial charge in [-0.05, 0) is 58.5 Å². The second-order valence-electron chi connectivity index (χ2n) is 7.36. The van der Waals surface area contributed by atoms with Gasteiger partial charge in [0.2, 0.25) is 0 Å². The van der Waals surface area contributed by atoms with E-state index in [1.807, 2.05) is 29.1 Å². The Kier molecular flexibility index (Phi) is 7.15. The molecule has 1 unspecified atom stereocenters. The summed E-state index contributed by atoms with van der Waals surface area (Å²) in [6.07, 6.45) is 6.01. The maximum atomic E-state index is 12.9. The van der Waals surface area contributed by atoms with Crippen molar-refractivity contribution in [3.05, 3.63) is 51.8 Å². The molecule has 1 aliphatic rings. The van der Waals surface area contributed by atoms with E-state index >= 15 is 0 Å². The third kappa shape index (κ3) is 5.39. The number of aryl methyl sites for hydroxylation is 1. The van der Waals surface area contributed by atoms with E-state index in [1.165, 1.54) is 0 Å².